The minimum atomic E-state index is -0.509. The normalized spacial score (nSPS) is 12.8. The Kier molecular flexibility index (Phi) is 7.22. The fourth-order valence-corrected chi connectivity index (χ4v) is 8.91. The second-order valence-corrected chi connectivity index (χ2v) is 14.3. The van der Waals surface area contributed by atoms with E-state index in [2.05, 4.69) is 170 Å². The fourth-order valence-electron chi connectivity index (χ4n) is 7.84. The van der Waals surface area contributed by atoms with E-state index in [1.807, 2.05) is 29.5 Å². The van der Waals surface area contributed by atoms with Gasteiger partial charge < -0.3 is 0 Å². The van der Waals surface area contributed by atoms with E-state index in [9.17, 15) is 0 Å². The van der Waals surface area contributed by atoms with Crippen LogP contribution in [-0.2, 0) is 5.41 Å². The summed E-state index contributed by atoms with van der Waals surface area (Å²) in [5.74, 6) is 1.94. The van der Waals surface area contributed by atoms with Crippen molar-refractivity contribution in [3.8, 4) is 55.7 Å². The SMILES string of the molecule is c1ccc(-c2nc(-c3ccc(-c4cc5ccccc5s4)cc3)nc(-c3ccc4c(c3)C(c3ccccc3)(c3ccccc3)c3ccccc3-4)n2)cc1. The van der Waals surface area contributed by atoms with E-state index in [1.54, 1.807) is 0 Å². The maximum Gasteiger partial charge on any atom is 0.164 e. The number of nitrogens with zero attached hydrogens (tertiary/aromatic N) is 3. The third-order valence-corrected chi connectivity index (χ3v) is 11.4. The molecule has 0 fully saturated rings. The highest BCUT2D eigenvalue weighted by molar-refractivity contribution is 7.22. The van der Waals surface area contributed by atoms with Crippen LogP contribution in [0.3, 0.4) is 0 Å². The first kappa shape index (κ1) is 30.3. The van der Waals surface area contributed by atoms with Crippen LogP contribution in [0.5, 0.6) is 0 Å². The first-order valence-electron chi connectivity index (χ1n) is 17.5. The van der Waals surface area contributed by atoms with Crippen LogP contribution in [0.4, 0.5) is 0 Å². The monoisotopic (exact) mass is 681 g/mol. The smallest absolute Gasteiger partial charge is 0.164 e. The van der Waals surface area contributed by atoms with Gasteiger partial charge in [0.05, 0.1) is 5.41 Å². The van der Waals surface area contributed by atoms with E-state index in [-0.39, 0.29) is 0 Å². The molecule has 7 aromatic carbocycles. The number of fused-ring (bicyclic) bond motifs is 4. The minimum absolute atomic E-state index is 0.509. The second kappa shape index (κ2) is 12.4. The Bertz CT molecular complexity index is 2650. The van der Waals surface area contributed by atoms with Crippen LogP contribution in [0.2, 0.25) is 0 Å². The van der Waals surface area contributed by atoms with Gasteiger partial charge in [-0.05, 0) is 62.5 Å². The molecule has 0 unspecified atom stereocenters. The maximum atomic E-state index is 5.18. The van der Waals surface area contributed by atoms with Gasteiger partial charge in [-0.1, -0.05) is 170 Å². The van der Waals surface area contributed by atoms with Gasteiger partial charge >= 0.3 is 0 Å². The van der Waals surface area contributed by atoms with Gasteiger partial charge in [0.2, 0.25) is 0 Å². The van der Waals surface area contributed by atoms with Gasteiger partial charge in [0, 0.05) is 26.3 Å². The summed E-state index contributed by atoms with van der Waals surface area (Å²) >= 11 is 1.81. The fraction of sp³-hybridized carbons (Fsp3) is 0.0208. The lowest BCUT2D eigenvalue weighted by Crippen LogP contribution is -2.28. The largest absolute Gasteiger partial charge is 0.208 e. The van der Waals surface area contributed by atoms with Crippen molar-refractivity contribution >= 4 is 21.4 Å². The quantitative estimate of drug-likeness (QED) is 0.175. The zero-order valence-corrected chi connectivity index (χ0v) is 29.0. The van der Waals surface area contributed by atoms with Crippen molar-refractivity contribution in [2.45, 2.75) is 5.41 Å². The Morgan fingerprint density at radius 1 is 0.365 bits per heavy atom. The van der Waals surface area contributed by atoms with Crippen LogP contribution in [-0.4, -0.2) is 15.0 Å². The summed E-state index contributed by atoms with van der Waals surface area (Å²) in [6.07, 6.45) is 0. The minimum Gasteiger partial charge on any atom is -0.208 e. The number of hydrogen-bond donors (Lipinski definition) is 0. The molecule has 244 valence electrons. The number of rotatable bonds is 6. The van der Waals surface area contributed by atoms with Gasteiger partial charge in [-0.2, -0.15) is 0 Å². The van der Waals surface area contributed by atoms with E-state index in [0.29, 0.717) is 17.5 Å². The first-order chi connectivity index (χ1) is 25.8. The first-order valence-corrected chi connectivity index (χ1v) is 18.3. The highest BCUT2D eigenvalue weighted by atomic mass is 32.1. The molecule has 0 saturated heterocycles. The Morgan fingerprint density at radius 3 is 1.54 bits per heavy atom. The molecule has 0 atom stereocenters. The van der Waals surface area contributed by atoms with Gasteiger partial charge in [0.1, 0.15) is 0 Å². The predicted octanol–water partition coefficient (Wildman–Crippen LogP) is 12.1. The molecule has 2 aromatic heterocycles. The number of aromatic nitrogens is 3. The van der Waals surface area contributed by atoms with Gasteiger partial charge in [-0.3, -0.25) is 0 Å². The molecule has 10 rings (SSSR count). The van der Waals surface area contributed by atoms with Crippen LogP contribution in [0.25, 0.3) is 65.8 Å². The molecule has 52 heavy (non-hydrogen) atoms. The van der Waals surface area contributed by atoms with Crippen molar-refractivity contribution in [1.82, 2.24) is 15.0 Å². The second-order valence-electron chi connectivity index (χ2n) is 13.2. The lowest BCUT2D eigenvalue weighted by atomic mass is 9.67. The summed E-state index contributed by atoms with van der Waals surface area (Å²) in [6, 6.07) is 66.9. The average Bonchev–Trinajstić information content (AvgIpc) is 3.80. The zero-order chi connectivity index (χ0) is 34.5. The van der Waals surface area contributed by atoms with Crippen molar-refractivity contribution < 1.29 is 0 Å². The summed E-state index contributed by atoms with van der Waals surface area (Å²) in [6.45, 7) is 0. The molecule has 1 aliphatic rings. The van der Waals surface area contributed by atoms with E-state index >= 15 is 0 Å². The summed E-state index contributed by atoms with van der Waals surface area (Å²) in [5, 5.41) is 1.27. The van der Waals surface area contributed by atoms with Crippen molar-refractivity contribution in [2.75, 3.05) is 0 Å². The topological polar surface area (TPSA) is 38.7 Å². The summed E-state index contributed by atoms with van der Waals surface area (Å²) in [5.41, 5.74) is 10.9. The number of thiophene rings is 1. The maximum absolute atomic E-state index is 5.18. The molecule has 2 heterocycles. The van der Waals surface area contributed by atoms with Crippen LogP contribution >= 0.6 is 11.3 Å². The highest BCUT2D eigenvalue weighted by Crippen LogP contribution is 2.56. The highest BCUT2D eigenvalue weighted by Gasteiger charge is 2.46. The molecular weight excluding hydrogens is 651 g/mol. The Balaban J connectivity index is 1.15. The molecule has 9 aromatic rings. The zero-order valence-electron chi connectivity index (χ0n) is 28.1. The van der Waals surface area contributed by atoms with E-state index < -0.39 is 5.41 Å². The van der Waals surface area contributed by atoms with Gasteiger partial charge in [0.15, 0.2) is 17.5 Å². The molecule has 0 aliphatic heterocycles. The van der Waals surface area contributed by atoms with Crippen LogP contribution in [0, 0.1) is 0 Å². The molecule has 4 heteroatoms. The van der Waals surface area contributed by atoms with Crippen LogP contribution < -0.4 is 0 Å². The summed E-state index contributed by atoms with van der Waals surface area (Å²) < 4.78 is 1.29. The van der Waals surface area contributed by atoms with E-state index in [0.717, 1.165) is 16.7 Å². The van der Waals surface area contributed by atoms with Gasteiger partial charge in [-0.15, -0.1) is 11.3 Å². The van der Waals surface area contributed by atoms with Gasteiger partial charge in [-0.25, -0.2) is 15.0 Å². The molecule has 0 amide bonds. The average molecular weight is 682 g/mol. The molecule has 0 saturated carbocycles. The van der Waals surface area contributed by atoms with Crippen molar-refractivity contribution in [2.24, 2.45) is 0 Å². The lowest BCUT2D eigenvalue weighted by Gasteiger charge is -2.34. The molecule has 0 spiro atoms. The molecule has 1 aliphatic carbocycles. The standard InChI is InChI=1S/C48H31N3S/c1-4-14-33(15-5-1)45-49-46(34-26-24-32(25-27-34)44-31-35-16-10-13-23-43(35)52-44)51-47(50-45)36-28-29-40-39-21-11-12-22-41(39)48(42(40)30-36,37-17-6-2-7-18-37)38-19-8-3-9-20-38/h1-31H. The molecular formula is C48H31N3S. The Labute approximate surface area is 306 Å². The lowest BCUT2D eigenvalue weighted by molar-refractivity contribution is 0.768. The van der Waals surface area contributed by atoms with Crippen LogP contribution in [0.15, 0.2) is 188 Å². The number of benzene rings is 7. The third-order valence-electron chi connectivity index (χ3n) is 10.2. The van der Waals surface area contributed by atoms with Gasteiger partial charge in [0.25, 0.3) is 0 Å². The molecule has 0 bridgehead atoms. The van der Waals surface area contributed by atoms with Crippen molar-refractivity contribution in [3.63, 3.8) is 0 Å². The predicted molar refractivity (Wildman–Crippen MR) is 214 cm³/mol. The summed E-state index contributed by atoms with van der Waals surface area (Å²) in [4.78, 5) is 16.6. The molecule has 0 radical (unpaired) electrons. The molecule has 3 nitrogen and oxygen atoms in total. The summed E-state index contributed by atoms with van der Waals surface area (Å²) in [7, 11) is 0. The van der Waals surface area contributed by atoms with E-state index in [4.69, 9.17) is 15.0 Å². The third kappa shape index (κ3) is 4.91. The Morgan fingerprint density at radius 2 is 0.865 bits per heavy atom. The van der Waals surface area contributed by atoms with E-state index in [1.165, 1.54) is 53.9 Å². The van der Waals surface area contributed by atoms with Crippen molar-refractivity contribution in [1.29, 1.82) is 0 Å². The van der Waals surface area contributed by atoms with Crippen molar-refractivity contribution in [3.05, 3.63) is 210 Å². The molecule has 0 N–H and O–H groups in total. The number of hydrogen-bond acceptors (Lipinski definition) is 4. The van der Waals surface area contributed by atoms with Crippen LogP contribution in [0.1, 0.15) is 22.3 Å². The Hall–Kier alpha value is -6.49.